The highest BCUT2D eigenvalue weighted by molar-refractivity contribution is 5.77. The van der Waals surface area contributed by atoms with Gasteiger partial charge in [-0.25, -0.2) is 0 Å². The Morgan fingerprint density at radius 2 is 1.90 bits per heavy atom. The number of para-hydroxylation sites is 2. The molecule has 3 rings (SSSR count). The number of likely N-dealkylation sites (N-methyl/N-ethyl adjacent to an activating group) is 1. The minimum Gasteiger partial charge on any atom is -0.496 e. The maximum atomic E-state index is 12.4. The first-order chi connectivity index (χ1) is 14.2. The quantitative estimate of drug-likeness (QED) is 0.651. The zero-order chi connectivity index (χ0) is 20.5. The van der Waals surface area contributed by atoms with E-state index in [-0.39, 0.29) is 12.5 Å². The Labute approximate surface area is 174 Å². The molecule has 1 aliphatic rings. The van der Waals surface area contributed by atoms with Crippen molar-refractivity contribution in [2.24, 2.45) is 5.92 Å². The SMILES string of the molecule is COc1ccccc1CCN1CCC[C@@H](CN(C)C(=O)COc2ccccc2)C1. The number of hydrogen-bond donors (Lipinski definition) is 0. The molecular formula is C24H32N2O3. The molecule has 0 unspecified atom stereocenters. The summed E-state index contributed by atoms with van der Waals surface area (Å²) < 4.78 is 11.1. The Bertz CT molecular complexity index is 766. The topological polar surface area (TPSA) is 42.0 Å². The number of rotatable bonds is 9. The van der Waals surface area contributed by atoms with Crippen molar-refractivity contribution >= 4 is 5.91 Å². The van der Waals surface area contributed by atoms with E-state index in [0.717, 1.165) is 44.1 Å². The second kappa shape index (κ2) is 10.9. The highest BCUT2D eigenvalue weighted by Gasteiger charge is 2.23. The highest BCUT2D eigenvalue weighted by Crippen LogP contribution is 2.21. The van der Waals surface area contributed by atoms with Gasteiger partial charge in [0, 0.05) is 26.7 Å². The molecule has 1 heterocycles. The van der Waals surface area contributed by atoms with Gasteiger partial charge >= 0.3 is 0 Å². The standard InChI is InChI=1S/C24H32N2O3/c1-25(24(27)19-29-22-11-4-3-5-12-22)17-20-9-8-15-26(18-20)16-14-21-10-6-7-13-23(21)28-2/h3-7,10-13,20H,8-9,14-19H2,1-2H3/t20-/m0/s1. The summed E-state index contributed by atoms with van der Waals surface area (Å²) in [5.74, 6) is 2.23. The molecule has 2 aromatic rings. The average molecular weight is 397 g/mol. The summed E-state index contributed by atoms with van der Waals surface area (Å²) in [6, 6.07) is 17.7. The molecule has 156 valence electrons. The monoisotopic (exact) mass is 396 g/mol. The van der Waals surface area contributed by atoms with Crippen LogP contribution in [0.1, 0.15) is 18.4 Å². The van der Waals surface area contributed by atoms with Crippen molar-refractivity contribution in [3.8, 4) is 11.5 Å². The Morgan fingerprint density at radius 1 is 1.14 bits per heavy atom. The minimum atomic E-state index is 0.0278. The van der Waals surface area contributed by atoms with Crippen molar-refractivity contribution in [3.63, 3.8) is 0 Å². The van der Waals surface area contributed by atoms with Gasteiger partial charge in [-0.15, -0.1) is 0 Å². The van der Waals surface area contributed by atoms with E-state index in [0.29, 0.717) is 5.92 Å². The summed E-state index contributed by atoms with van der Waals surface area (Å²) in [7, 11) is 3.61. The van der Waals surface area contributed by atoms with Gasteiger partial charge in [-0.2, -0.15) is 0 Å². The average Bonchev–Trinajstić information content (AvgIpc) is 2.77. The van der Waals surface area contributed by atoms with E-state index in [1.807, 2.05) is 54.4 Å². The van der Waals surface area contributed by atoms with Crippen molar-refractivity contribution in [3.05, 3.63) is 60.2 Å². The molecule has 1 atom stereocenters. The molecule has 0 spiro atoms. The third-order valence-corrected chi connectivity index (χ3v) is 5.56. The molecule has 0 bridgehead atoms. The van der Waals surface area contributed by atoms with E-state index in [9.17, 15) is 4.79 Å². The summed E-state index contributed by atoms with van der Waals surface area (Å²) in [5.41, 5.74) is 1.25. The van der Waals surface area contributed by atoms with E-state index < -0.39 is 0 Å². The van der Waals surface area contributed by atoms with Crippen LogP contribution in [-0.2, 0) is 11.2 Å². The van der Waals surface area contributed by atoms with Crippen LogP contribution >= 0.6 is 0 Å². The molecule has 5 nitrogen and oxygen atoms in total. The molecule has 0 aliphatic carbocycles. The van der Waals surface area contributed by atoms with Crippen LogP contribution in [-0.4, -0.2) is 62.7 Å². The number of carbonyl (C=O) groups excluding carboxylic acids is 1. The third-order valence-electron chi connectivity index (χ3n) is 5.56. The highest BCUT2D eigenvalue weighted by atomic mass is 16.5. The van der Waals surface area contributed by atoms with E-state index in [4.69, 9.17) is 9.47 Å². The number of methoxy groups -OCH3 is 1. The van der Waals surface area contributed by atoms with Crippen LogP contribution in [0.25, 0.3) is 0 Å². The van der Waals surface area contributed by atoms with Crippen LogP contribution in [0.4, 0.5) is 0 Å². The van der Waals surface area contributed by atoms with Gasteiger partial charge in [0.15, 0.2) is 6.61 Å². The normalized spacial score (nSPS) is 17.0. The predicted octanol–water partition coefficient (Wildman–Crippen LogP) is 3.49. The van der Waals surface area contributed by atoms with E-state index in [1.165, 1.54) is 18.4 Å². The lowest BCUT2D eigenvalue weighted by Gasteiger charge is -2.34. The van der Waals surface area contributed by atoms with E-state index >= 15 is 0 Å². The third kappa shape index (κ3) is 6.50. The Balaban J connectivity index is 1.43. The predicted molar refractivity (Wildman–Crippen MR) is 115 cm³/mol. The summed E-state index contributed by atoms with van der Waals surface area (Å²) in [6.07, 6.45) is 3.33. The number of amides is 1. The van der Waals surface area contributed by atoms with Crippen LogP contribution in [0.2, 0.25) is 0 Å². The fourth-order valence-corrected chi connectivity index (χ4v) is 3.95. The van der Waals surface area contributed by atoms with E-state index in [1.54, 1.807) is 7.11 Å². The number of hydrogen-bond acceptors (Lipinski definition) is 4. The van der Waals surface area contributed by atoms with Gasteiger partial charge in [0.1, 0.15) is 11.5 Å². The van der Waals surface area contributed by atoms with Crippen LogP contribution < -0.4 is 9.47 Å². The molecule has 1 amide bonds. The fraction of sp³-hybridized carbons (Fsp3) is 0.458. The first-order valence-electron chi connectivity index (χ1n) is 10.4. The van der Waals surface area contributed by atoms with Crippen LogP contribution in [0.15, 0.2) is 54.6 Å². The van der Waals surface area contributed by atoms with Crippen molar-refractivity contribution in [1.82, 2.24) is 9.80 Å². The second-order valence-corrected chi connectivity index (χ2v) is 7.75. The van der Waals surface area contributed by atoms with E-state index in [2.05, 4.69) is 17.0 Å². The number of likely N-dealkylation sites (tertiary alicyclic amines) is 1. The van der Waals surface area contributed by atoms with Gasteiger partial charge in [0.2, 0.25) is 0 Å². The molecule has 0 saturated carbocycles. The lowest BCUT2D eigenvalue weighted by atomic mass is 9.97. The molecule has 0 N–H and O–H groups in total. The first-order valence-corrected chi connectivity index (χ1v) is 10.4. The maximum Gasteiger partial charge on any atom is 0.260 e. The molecule has 0 radical (unpaired) electrons. The summed E-state index contributed by atoms with van der Waals surface area (Å²) in [6.45, 7) is 4.05. The van der Waals surface area contributed by atoms with Crippen molar-refractivity contribution in [2.75, 3.05) is 46.9 Å². The van der Waals surface area contributed by atoms with Gasteiger partial charge in [-0.1, -0.05) is 36.4 Å². The molecule has 0 aromatic heterocycles. The number of carbonyl (C=O) groups is 1. The minimum absolute atomic E-state index is 0.0278. The molecule has 1 aliphatic heterocycles. The van der Waals surface area contributed by atoms with Crippen molar-refractivity contribution in [2.45, 2.75) is 19.3 Å². The Kier molecular flexibility index (Phi) is 7.94. The van der Waals surface area contributed by atoms with Gasteiger partial charge in [0.25, 0.3) is 5.91 Å². The molecule has 2 aromatic carbocycles. The van der Waals surface area contributed by atoms with Gasteiger partial charge in [-0.05, 0) is 55.5 Å². The van der Waals surface area contributed by atoms with Gasteiger partial charge in [-0.3, -0.25) is 4.79 Å². The number of ether oxygens (including phenoxy) is 2. The van der Waals surface area contributed by atoms with Crippen molar-refractivity contribution in [1.29, 1.82) is 0 Å². The Morgan fingerprint density at radius 3 is 2.69 bits per heavy atom. The van der Waals surface area contributed by atoms with Gasteiger partial charge in [0.05, 0.1) is 7.11 Å². The summed E-state index contributed by atoms with van der Waals surface area (Å²) >= 11 is 0. The Hall–Kier alpha value is -2.53. The van der Waals surface area contributed by atoms with Crippen LogP contribution in [0.5, 0.6) is 11.5 Å². The zero-order valence-corrected chi connectivity index (χ0v) is 17.5. The van der Waals surface area contributed by atoms with Crippen molar-refractivity contribution < 1.29 is 14.3 Å². The van der Waals surface area contributed by atoms with Gasteiger partial charge < -0.3 is 19.3 Å². The number of piperidine rings is 1. The fourth-order valence-electron chi connectivity index (χ4n) is 3.95. The molecular weight excluding hydrogens is 364 g/mol. The zero-order valence-electron chi connectivity index (χ0n) is 17.5. The molecule has 29 heavy (non-hydrogen) atoms. The molecule has 5 heteroatoms. The smallest absolute Gasteiger partial charge is 0.260 e. The lowest BCUT2D eigenvalue weighted by molar-refractivity contribution is -0.132. The molecule has 1 saturated heterocycles. The summed E-state index contributed by atoms with van der Waals surface area (Å²) in [4.78, 5) is 16.8. The first kappa shape index (κ1) is 21.2. The number of benzene rings is 2. The second-order valence-electron chi connectivity index (χ2n) is 7.75. The maximum absolute atomic E-state index is 12.4. The molecule has 1 fully saturated rings. The van der Waals surface area contributed by atoms with Crippen LogP contribution in [0, 0.1) is 5.92 Å². The summed E-state index contributed by atoms with van der Waals surface area (Å²) in [5, 5.41) is 0. The lowest BCUT2D eigenvalue weighted by Crippen LogP contribution is -2.43. The van der Waals surface area contributed by atoms with Crippen LogP contribution in [0.3, 0.4) is 0 Å². The number of nitrogens with zero attached hydrogens (tertiary/aromatic N) is 2. The largest absolute Gasteiger partial charge is 0.496 e.